The molecule has 2 N–H and O–H groups in total. The highest BCUT2D eigenvalue weighted by Crippen LogP contribution is 2.24. The maximum absolute atomic E-state index is 13.7. The number of nitrogens with zero attached hydrogens (tertiary/aromatic N) is 1. The summed E-state index contributed by atoms with van der Waals surface area (Å²) >= 11 is 0. The molecule has 0 fully saturated rings. The molecular formula is C14H13F3N2O. The molecule has 0 saturated heterocycles. The Kier molecular flexibility index (Phi) is 3.83. The summed E-state index contributed by atoms with van der Waals surface area (Å²) in [5.41, 5.74) is 6.43. The molecule has 0 saturated carbocycles. The second kappa shape index (κ2) is 5.40. The molecule has 0 atom stereocenters. The van der Waals surface area contributed by atoms with Gasteiger partial charge in [-0.2, -0.15) is 0 Å². The number of ether oxygens (including phenoxy) is 1. The average Bonchev–Trinajstić information content (AvgIpc) is 2.36. The number of hydrogen-bond acceptors (Lipinski definition) is 3. The van der Waals surface area contributed by atoms with Gasteiger partial charge in [0.1, 0.15) is 11.6 Å². The molecule has 20 heavy (non-hydrogen) atoms. The van der Waals surface area contributed by atoms with E-state index in [1.165, 1.54) is 30.5 Å². The minimum atomic E-state index is -2.91. The van der Waals surface area contributed by atoms with Crippen LogP contribution in [0.2, 0.25) is 0 Å². The quantitative estimate of drug-likeness (QED) is 0.873. The van der Waals surface area contributed by atoms with Crippen molar-refractivity contribution >= 4 is 5.69 Å². The third-order valence-corrected chi connectivity index (χ3v) is 2.50. The van der Waals surface area contributed by atoms with Gasteiger partial charge in [-0.25, -0.2) is 13.2 Å². The Labute approximate surface area is 114 Å². The van der Waals surface area contributed by atoms with Gasteiger partial charge in [0.25, 0.3) is 5.92 Å². The molecule has 0 spiro atoms. The minimum Gasteiger partial charge on any atom is -0.486 e. The van der Waals surface area contributed by atoms with Crippen molar-refractivity contribution in [1.29, 1.82) is 0 Å². The van der Waals surface area contributed by atoms with Crippen LogP contribution in [0.25, 0.3) is 11.3 Å². The van der Waals surface area contributed by atoms with Crippen molar-refractivity contribution in [2.75, 3.05) is 12.3 Å². The zero-order valence-corrected chi connectivity index (χ0v) is 10.7. The molecule has 106 valence electrons. The molecule has 2 rings (SSSR count). The Morgan fingerprint density at radius 2 is 2.00 bits per heavy atom. The number of hydrogen-bond donors (Lipinski definition) is 1. The van der Waals surface area contributed by atoms with Crippen LogP contribution in [0.5, 0.6) is 5.75 Å². The van der Waals surface area contributed by atoms with E-state index < -0.39 is 18.3 Å². The van der Waals surface area contributed by atoms with Crippen molar-refractivity contribution in [3.8, 4) is 17.0 Å². The number of anilines is 1. The third kappa shape index (κ3) is 3.63. The Bertz CT molecular complexity index is 594. The summed E-state index contributed by atoms with van der Waals surface area (Å²) < 4.78 is 43.8. The first-order valence-electron chi connectivity index (χ1n) is 5.87. The van der Waals surface area contributed by atoms with Gasteiger partial charge in [-0.3, -0.25) is 4.98 Å². The van der Waals surface area contributed by atoms with E-state index in [4.69, 9.17) is 10.5 Å². The Hall–Kier alpha value is -2.24. The molecule has 0 radical (unpaired) electrons. The van der Waals surface area contributed by atoms with E-state index in [1.807, 2.05) is 0 Å². The van der Waals surface area contributed by atoms with Crippen molar-refractivity contribution in [3.63, 3.8) is 0 Å². The van der Waals surface area contributed by atoms with Crippen LogP contribution in [0.1, 0.15) is 6.92 Å². The Balaban J connectivity index is 2.15. The highest BCUT2D eigenvalue weighted by Gasteiger charge is 2.22. The molecule has 0 aliphatic heterocycles. The largest absolute Gasteiger partial charge is 0.486 e. The van der Waals surface area contributed by atoms with Crippen LogP contribution >= 0.6 is 0 Å². The van der Waals surface area contributed by atoms with Gasteiger partial charge >= 0.3 is 0 Å². The SMILES string of the molecule is CC(F)(F)COc1ccc(-c2ccc(N)cc2F)nc1. The van der Waals surface area contributed by atoms with Gasteiger partial charge < -0.3 is 10.5 Å². The summed E-state index contributed by atoms with van der Waals surface area (Å²) in [6.07, 6.45) is 1.27. The molecule has 3 nitrogen and oxygen atoms in total. The molecule has 6 heteroatoms. The van der Waals surface area contributed by atoms with E-state index >= 15 is 0 Å². The van der Waals surface area contributed by atoms with Gasteiger partial charge in [-0.05, 0) is 30.3 Å². The van der Waals surface area contributed by atoms with Crippen LogP contribution in [0.15, 0.2) is 36.5 Å². The van der Waals surface area contributed by atoms with Crippen LogP contribution in [-0.2, 0) is 0 Å². The van der Waals surface area contributed by atoms with Crippen molar-refractivity contribution in [3.05, 3.63) is 42.3 Å². The number of nitrogens with two attached hydrogens (primary N) is 1. The van der Waals surface area contributed by atoms with Crippen molar-refractivity contribution < 1.29 is 17.9 Å². The summed E-state index contributed by atoms with van der Waals surface area (Å²) in [7, 11) is 0. The van der Waals surface area contributed by atoms with Gasteiger partial charge in [0.05, 0.1) is 11.9 Å². The molecule has 0 aliphatic carbocycles. The van der Waals surface area contributed by atoms with Gasteiger partial charge in [0, 0.05) is 18.2 Å². The Morgan fingerprint density at radius 1 is 1.25 bits per heavy atom. The fourth-order valence-electron chi connectivity index (χ4n) is 1.57. The summed E-state index contributed by atoms with van der Waals surface area (Å²) in [6, 6.07) is 7.22. The van der Waals surface area contributed by atoms with Crippen LogP contribution in [0.4, 0.5) is 18.9 Å². The van der Waals surface area contributed by atoms with E-state index in [9.17, 15) is 13.2 Å². The highest BCUT2D eigenvalue weighted by molar-refractivity contribution is 5.63. The summed E-state index contributed by atoms with van der Waals surface area (Å²) in [5.74, 6) is -3.21. The highest BCUT2D eigenvalue weighted by atomic mass is 19.3. The van der Waals surface area contributed by atoms with Crippen LogP contribution in [0.3, 0.4) is 0 Å². The second-order valence-corrected chi connectivity index (χ2v) is 4.48. The average molecular weight is 282 g/mol. The lowest BCUT2D eigenvalue weighted by molar-refractivity contribution is -0.0230. The topological polar surface area (TPSA) is 48.1 Å². The number of benzene rings is 1. The number of rotatable bonds is 4. The molecule has 2 aromatic rings. The molecule has 1 aromatic heterocycles. The summed E-state index contributed by atoms with van der Waals surface area (Å²) in [6.45, 7) is 0.0306. The summed E-state index contributed by atoms with van der Waals surface area (Å²) in [5, 5.41) is 0. The predicted molar refractivity (Wildman–Crippen MR) is 70.2 cm³/mol. The van der Waals surface area contributed by atoms with E-state index in [-0.39, 0.29) is 11.3 Å². The molecule has 1 heterocycles. The van der Waals surface area contributed by atoms with E-state index in [0.29, 0.717) is 11.4 Å². The number of nitrogen functional groups attached to an aromatic ring is 1. The smallest absolute Gasteiger partial charge is 0.278 e. The van der Waals surface area contributed by atoms with Gasteiger partial charge in [0.2, 0.25) is 0 Å². The van der Waals surface area contributed by atoms with Crippen molar-refractivity contribution in [2.45, 2.75) is 12.8 Å². The lowest BCUT2D eigenvalue weighted by Crippen LogP contribution is -2.20. The van der Waals surface area contributed by atoms with Gasteiger partial charge in [0.15, 0.2) is 6.61 Å². The van der Waals surface area contributed by atoms with E-state index in [0.717, 1.165) is 6.92 Å². The first-order valence-corrected chi connectivity index (χ1v) is 5.87. The monoisotopic (exact) mass is 282 g/mol. The maximum Gasteiger partial charge on any atom is 0.278 e. The number of alkyl halides is 2. The van der Waals surface area contributed by atoms with Crippen LogP contribution in [0, 0.1) is 5.82 Å². The van der Waals surface area contributed by atoms with Crippen molar-refractivity contribution in [2.24, 2.45) is 0 Å². The zero-order chi connectivity index (χ0) is 14.8. The fourth-order valence-corrected chi connectivity index (χ4v) is 1.57. The first-order chi connectivity index (χ1) is 9.35. The van der Waals surface area contributed by atoms with E-state index in [2.05, 4.69) is 4.98 Å². The fraction of sp³-hybridized carbons (Fsp3) is 0.214. The lowest BCUT2D eigenvalue weighted by Gasteiger charge is -2.12. The summed E-state index contributed by atoms with van der Waals surface area (Å²) in [4.78, 5) is 3.99. The number of pyridine rings is 1. The molecule has 1 aromatic carbocycles. The molecular weight excluding hydrogens is 269 g/mol. The first kappa shape index (κ1) is 14.2. The number of aromatic nitrogens is 1. The zero-order valence-electron chi connectivity index (χ0n) is 10.7. The van der Waals surface area contributed by atoms with Gasteiger partial charge in [-0.1, -0.05) is 0 Å². The molecule has 0 bridgehead atoms. The van der Waals surface area contributed by atoms with Gasteiger partial charge in [-0.15, -0.1) is 0 Å². The lowest BCUT2D eigenvalue weighted by atomic mass is 10.1. The molecule has 0 unspecified atom stereocenters. The maximum atomic E-state index is 13.7. The second-order valence-electron chi connectivity index (χ2n) is 4.48. The van der Waals surface area contributed by atoms with Crippen LogP contribution in [-0.4, -0.2) is 17.5 Å². The minimum absolute atomic E-state index is 0.200. The normalized spacial score (nSPS) is 11.4. The van der Waals surface area contributed by atoms with E-state index in [1.54, 1.807) is 6.07 Å². The third-order valence-electron chi connectivity index (χ3n) is 2.50. The number of halogens is 3. The molecule has 0 aliphatic rings. The molecule has 0 amide bonds. The van der Waals surface area contributed by atoms with Crippen molar-refractivity contribution in [1.82, 2.24) is 4.98 Å². The predicted octanol–water partition coefficient (Wildman–Crippen LogP) is 3.50. The van der Waals surface area contributed by atoms with Crippen LogP contribution < -0.4 is 10.5 Å². The standard InChI is InChI=1S/C14H13F3N2O/c1-14(16,17)8-20-10-3-5-13(19-7-10)11-4-2-9(18)6-12(11)15/h2-7H,8,18H2,1H3. The Morgan fingerprint density at radius 3 is 2.55 bits per heavy atom.